The fourth-order valence-electron chi connectivity index (χ4n) is 1.55. The molecular weight excluding hydrogens is 214 g/mol. The highest BCUT2D eigenvalue weighted by atomic mass is 32.2. The summed E-state index contributed by atoms with van der Waals surface area (Å²) in [6.07, 6.45) is 0. The van der Waals surface area contributed by atoms with E-state index in [0.29, 0.717) is 5.75 Å². The third-order valence-electron chi connectivity index (χ3n) is 2.39. The van der Waals surface area contributed by atoms with Crippen LogP contribution in [0, 0.1) is 0 Å². The van der Waals surface area contributed by atoms with Gasteiger partial charge in [-0.25, -0.2) is 0 Å². The number of aromatic hydroxyl groups is 1. The van der Waals surface area contributed by atoms with Gasteiger partial charge in [0.2, 0.25) is 0 Å². The van der Waals surface area contributed by atoms with Gasteiger partial charge in [-0.05, 0) is 24.3 Å². The Morgan fingerprint density at radius 2 is 2.13 bits per heavy atom. The predicted octanol–water partition coefficient (Wildman–Crippen LogP) is -1.18. The number of carboxylic acids is 1. The van der Waals surface area contributed by atoms with E-state index < -0.39 is 12.0 Å². The van der Waals surface area contributed by atoms with E-state index in [1.54, 1.807) is 41.3 Å². The first-order valence-electron chi connectivity index (χ1n) is 4.63. The lowest BCUT2D eigenvalue weighted by atomic mass is 10.2. The molecule has 0 radical (unpaired) electrons. The van der Waals surface area contributed by atoms with Gasteiger partial charge < -0.3 is 20.3 Å². The third-order valence-corrected chi connectivity index (χ3v) is 3.73. The summed E-state index contributed by atoms with van der Waals surface area (Å²) in [6, 6.07) is 6.36. The van der Waals surface area contributed by atoms with E-state index in [0.717, 1.165) is 5.56 Å². The Morgan fingerprint density at radius 3 is 2.67 bits per heavy atom. The van der Waals surface area contributed by atoms with Gasteiger partial charge in [-0.3, -0.25) is 0 Å². The first-order chi connectivity index (χ1) is 7.16. The van der Waals surface area contributed by atoms with Crippen LogP contribution in [-0.4, -0.2) is 22.9 Å². The van der Waals surface area contributed by atoms with E-state index >= 15 is 0 Å². The van der Waals surface area contributed by atoms with Gasteiger partial charge in [-0.1, -0.05) is 11.8 Å². The Morgan fingerprint density at radius 1 is 1.47 bits per heavy atom. The van der Waals surface area contributed by atoms with E-state index in [-0.39, 0.29) is 11.1 Å². The normalized spacial score (nSPS) is 25.3. The molecule has 0 saturated carbocycles. The van der Waals surface area contributed by atoms with Crippen molar-refractivity contribution in [3.05, 3.63) is 29.8 Å². The van der Waals surface area contributed by atoms with Gasteiger partial charge >= 0.3 is 0 Å². The van der Waals surface area contributed by atoms with Gasteiger partial charge in [-0.2, -0.15) is 0 Å². The highest BCUT2D eigenvalue weighted by Gasteiger charge is 2.30. The molecule has 3 N–H and O–H groups in total. The number of rotatable bonds is 2. The number of thioether (sulfide) groups is 1. The van der Waals surface area contributed by atoms with E-state index in [4.69, 9.17) is 5.11 Å². The summed E-state index contributed by atoms with van der Waals surface area (Å²) in [5.41, 5.74) is 1.02. The zero-order valence-corrected chi connectivity index (χ0v) is 8.74. The molecule has 1 fully saturated rings. The number of hydrogen-bond acceptors (Lipinski definition) is 4. The maximum absolute atomic E-state index is 10.6. The van der Waals surface area contributed by atoms with Crippen LogP contribution in [-0.2, 0) is 4.79 Å². The quantitative estimate of drug-likeness (QED) is 0.664. The number of carboxylic acid groups (broad SMARTS) is 1. The van der Waals surface area contributed by atoms with Gasteiger partial charge in [-0.15, -0.1) is 0 Å². The van der Waals surface area contributed by atoms with Crippen LogP contribution in [0.2, 0.25) is 0 Å². The summed E-state index contributed by atoms with van der Waals surface area (Å²) in [6.45, 7) is 0. The molecule has 0 aliphatic carbocycles. The number of phenols is 1. The molecule has 1 aliphatic heterocycles. The van der Waals surface area contributed by atoms with Crippen molar-refractivity contribution >= 4 is 17.7 Å². The highest BCUT2D eigenvalue weighted by molar-refractivity contribution is 7.99. The zero-order chi connectivity index (χ0) is 10.8. The maximum atomic E-state index is 10.6. The highest BCUT2D eigenvalue weighted by Crippen LogP contribution is 2.27. The minimum absolute atomic E-state index is 0.0912. The Bertz CT molecular complexity index is 365. The number of phenolic OH excluding ortho intramolecular Hbond substituents is 1. The summed E-state index contributed by atoms with van der Waals surface area (Å²) in [4.78, 5) is 10.6. The van der Waals surface area contributed by atoms with Gasteiger partial charge in [0, 0.05) is 5.56 Å². The molecule has 1 aromatic rings. The molecule has 0 amide bonds. The molecule has 2 atom stereocenters. The Labute approximate surface area is 91.3 Å². The van der Waals surface area contributed by atoms with Crippen molar-refractivity contribution in [1.29, 1.82) is 0 Å². The Hall–Kier alpha value is -1.20. The van der Waals surface area contributed by atoms with Gasteiger partial charge in [0.25, 0.3) is 0 Å². The molecular formula is C10H11NO3S. The summed E-state index contributed by atoms with van der Waals surface area (Å²) < 4.78 is 0. The smallest absolute Gasteiger partial charge is 0.159 e. The van der Waals surface area contributed by atoms with Crippen LogP contribution in [0.5, 0.6) is 5.75 Å². The summed E-state index contributed by atoms with van der Waals surface area (Å²) in [5.74, 6) is -0.226. The second-order valence-corrected chi connectivity index (χ2v) is 4.64. The van der Waals surface area contributed by atoms with Crippen molar-refractivity contribution in [2.24, 2.45) is 0 Å². The molecule has 1 heterocycles. The number of quaternary nitrogens is 1. The number of hydrogen-bond donors (Lipinski definition) is 2. The topological polar surface area (TPSA) is 77.0 Å². The number of benzene rings is 1. The lowest BCUT2D eigenvalue weighted by molar-refractivity contribution is -0.690. The lowest BCUT2D eigenvalue weighted by Gasteiger charge is -2.10. The molecule has 0 aromatic heterocycles. The molecule has 80 valence electrons. The summed E-state index contributed by atoms with van der Waals surface area (Å²) in [7, 11) is 0. The number of carbonyl (C=O) groups excluding carboxylic acids is 1. The van der Waals surface area contributed by atoms with Crippen molar-refractivity contribution in [3.8, 4) is 5.75 Å². The van der Waals surface area contributed by atoms with Gasteiger partial charge in [0.1, 0.15) is 17.8 Å². The SMILES string of the molecule is O=C([O-])[C@H]1CS[C@@H](c2ccc(O)cc2)[NH2+]1. The first-order valence-corrected chi connectivity index (χ1v) is 5.68. The largest absolute Gasteiger partial charge is 0.544 e. The molecule has 4 nitrogen and oxygen atoms in total. The van der Waals surface area contributed by atoms with E-state index in [1.165, 1.54) is 0 Å². The molecule has 1 aliphatic rings. The monoisotopic (exact) mass is 225 g/mol. The fourth-order valence-corrected chi connectivity index (χ4v) is 2.86. The minimum Gasteiger partial charge on any atom is -0.544 e. The Kier molecular flexibility index (Phi) is 2.83. The molecule has 2 rings (SSSR count). The second kappa shape index (κ2) is 4.12. The van der Waals surface area contributed by atoms with Crippen molar-refractivity contribution in [3.63, 3.8) is 0 Å². The van der Waals surface area contributed by atoms with Crippen molar-refractivity contribution in [2.45, 2.75) is 11.4 Å². The van der Waals surface area contributed by atoms with E-state index in [9.17, 15) is 9.90 Å². The van der Waals surface area contributed by atoms with Crippen LogP contribution in [0.3, 0.4) is 0 Å². The third kappa shape index (κ3) is 2.24. The zero-order valence-electron chi connectivity index (χ0n) is 7.92. The first kappa shape index (κ1) is 10.3. The van der Waals surface area contributed by atoms with Crippen LogP contribution >= 0.6 is 11.8 Å². The molecule has 0 unspecified atom stereocenters. The number of carbonyl (C=O) groups is 1. The standard InChI is InChI=1S/C10H11NO3S/c12-7-3-1-6(2-4-7)9-11-8(5-15-9)10(13)14/h1-4,8-9,11-12H,5H2,(H,13,14)/t8-,9+/m1/s1. The molecule has 1 aromatic carbocycles. The van der Waals surface area contributed by atoms with Crippen LogP contribution in [0.15, 0.2) is 24.3 Å². The Balaban J connectivity index is 2.07. The fraction of sp³-hybridized carbons (Fsp3) is 0.300. The molecule has 1 saturated heterocycles. The van der Waals surface area contributed by atoms with Crippen molar-refractivity contribution in [1.82, 2.24) is 0 Å². The molecule has 5 heteroatoms. The van der Waals surface area contributed by atoms with Crippen LogP contribution < -0.4 is 10.4 Å². The van der Waals surface area contributed by atoms with E-state index in [1.807, 2.05) is 0 Å². The van der Waals surface area contributed by atoms with Gasteiger partial charge in [0.05, 0.1) is 5.75 Å². The van der Waals surface area contributed by atoms with Crippen LogP contribution in [0.25, 0.3) is 0 Å². The summed E-state index contributed by atoms with van der Waals surface area (Å²) in [5, 5.41) is 21.6. The van der Waals surface area contributed by atoms with Crippen molar-refractivity contribution < 1.29 is 20.3 Å². The van der Waals surface area contributed by atoms with E-state index in [2.05, 4.69) is 0 Å². The lowest BCUT2D eigenvalue weighted by Crippen LogP contribution is -2.90. The summed E-state index contributed by atoms with van der Waals surface area (Å²) >= 11 is 1.58. The molecule has 15 heavy (non-hydrogen) atoms. The average molecular weight is 225 g/mol. The number of aliphatic carboxylic acids is 1. The second-order valence-electron chi connectivity index (χ2n) is 3.46. The molecule has 0 bridgehead atoms. The van der Waals surface area contributed by atoms with Crippen molar-refractivity contribution in [2.75, 3.05) is 5.75 Å². The molecule has 0 spiro atoms. The minimum atomic E-state index is -1.01. The average Bonchev–Trinajstić information content (AvgIpc) is 2.68. The van der Waals surface area contributed by atoms with Crippen LogP contribution in [0.4, 0.5) is 0 Å². The van der Waals surface area contributed by atoms with Gasteiger partial charge in [0.15, 0.2) is 5.37 Å². The predicted molar refractivity (Wildman–Crippen MR) is 54.0 cm³/mol. The van der Waals surface area contributed by atoms with Crippen LogP contribution in [0.1, 0.15) is 10.9 Å². The number of nitrogens with two attached hydrogens (primary N) is 1. The maximum Gasteiger partial charge on any atom is 0.159 e.